The number of nitro benzene ring substituents is 1. The molecule has 1 rings (SSSR count). The monoisotopic (exact) mass is 339 g/mol. The van der Waals surface area contributed by atoms with Crippen LogP contribution >= 0.6 is 15.9 Å². The summed E-state index contributed by atoms with van der Waals surface area (Å²) in [6, 6.07) is 2.29. The molecule has 6 nitrogen and oxygen atoms in total. The molecule has 0 unspecified atom stereocenters. The molecule has 0 spiro atoms. The minimum Gasteiger partial charge on any atom is -0.481 e. The van der Waals surface area contributed by atoms with Crippen molar-refractivity contribution in [3.8, 4) is 5.75 Å². The summed E-state index contributed by atoms with van der Waals surface area (Å²) in [5.74, 6) is -1.85. The van der Waals surface area contributed by atoms with Crippen LogP contribution in [0.5, 0.6) is 5.75 Å². The van der Waals surface area contributed by atoms with Crippen molar-refractivity contribution in [3.05, 3.63) is 33.4 Å². The van der Waals surface area contributed by atoms with Crippen LogP contribution in [0.2, 0.25) is 0 Å². The van der Waals surface area contributed by atoms with Crippen molar-refractivity contribution in [1.82, 2.24) is 0 Å². The van der Waals surface area contributed by atoms with Gasteiger partial charge in [-0.1, -0.05) is 15.9 Å². The van der Waals surface area contributed by atoms with E-state index < -0.39 is 35.4 Å². The number of carbonyl (C=O) groups is 1. The second kappa shape index (κ2) is 6.41. The fraction of sp³-hybridized carbons (Fsp3) is 0.300. The highest BCUT2D eigenvalue weighted by molar-refractivity contribution is 9.08. The second-order valence-corrected chi connectivity index (χ2v) is 3.95. The van der Waals surface area contributed by atoms with Gasteiger partial charge in [0.15, 0.2) is 0 Å². The number of nitro groups is 1. The third kappa shape index (κ3) is 3.85. The Hall–Kier alpha value is -1.77. The van der Waals surface area contributed by atoms with Crippen molar-refractivity contribution in [3.63, 3.8) is 0 Å². The lowest BCUT2D eigenvalue weighted by Crippen LogP contribution is -2.11. The van der Waals surface area contributed by atoms with Gasteiger partial charge in [-0.15, -0.1) is 0 Å². The van der Waals surface area contributed by atoms with Gasteiger partial charge in [-0.3, -0.25) is 14.9 Å². The van der Waals surface area contributed by atoms with Gasteiger partial charge in [0.1, 0.15) is 5.75 Å². The van der Waals surface area contributed by atoms with Crippen LogP contribution in [0.15, 0.2) is 12.1 Å². The molecule has 0 amide bonds. The van der Waals surface area contributed by atoms with Crippen LogP contribution in [-0.4, -0.2) is 22.6 Å². The molecule has 0 aromatic heterocycles. The molecule has 1 aromatic carbocycles. The molecule has 1 N–H and O–H groups in total. The lowest BCUT2D eigenvalue weighted by Gasteiger charge is -2.13. The largest absolute Gasteiger partial charge is 0.481 e. The number of halogens is 3. The van der Waals surface area contributed by atoms with Gasteiger partial charge in [-0.05, 0) is 6.07 Å². The third-order valence-corrected chi connectivity index (χ3v) is 2.80. The minimum absolute atomic E-state index is 0.0969. The summed E-state index contributed by atoms with van der Waals surface area (Å²) in [5, 5.41) is 19.6. The third-order valence-electron chi connectivity index (χ3n) is 2.19. The minimum atomic E-state index is -3.20. The smallest absolute Gasteiger partial charge is 0.387 e. The zero-order chi connectivity index (χ0) is 14.6. The highest BCUT2D eigenvalue weighted by atomic mass is 79.9. The second-order valence-electron chi connectivity index (χ2n) is 3.39. The molecule has 0 heterocycles. The SMILES string of the molecule is O=C(O)Cc1c([N+](=O)[O-])ccc(CBr)c1OC(F)F. The Kier molecular flexibility index (Phi) is 5.16. The van der Waals surface area contributed by atoms with Gasteiger partial charge in [0.05, 0.1) is 16.9 Å². The fourth-order valence-electron chi connectivity index (χ4n) is 1.50. The number of hydrogen-bond acceptors (Lipinski definition) is 4. The molecule has 0 bridgehead atoms. The van der Waals surface area contributed by atoms with E-state index in [9.17, 15) is 23.7 Å². The maximum absolute atomic E-state index is 12.3. The first-order valence-corrected chi connectivity index (χ1v) is 6.00. The number of nitrogens with zero attached hydrogens (tertiary/aromatic N) is 1. The first-order chi connectivity index (χ1) is 8.86. The number of ether oxygens (including phenoxy) is 1. The zero-order valence-corrected chi connectivity index (χ0v) is 10.9. The van der Waals surface area contributed by atoms with Crippen LogP contribution < -0.4 is 4.74 Å². The fourth-order valence-corrected chi connectivity index (χ4v) is 1.94. The number of carboxylic acid groups (broad SMARTS) is 1. The summed E-state index contributed by atoms with van der Waals surface area (Å²) in [5.41, 5.74) is -0.736. The van der Waals surface area contributed by atoms with Crippen LogP contribution in [0.1, 0.15) is 11.1 Å². The molecule has 0 aliphatic carbocycles. The van der Waals surface area contributed by atoms with Crippen molar-refractivity contribution in [2.75, 3.05) is 0 Å². The van der Waals surface area contributed by atoms with Crippen molar-refractivity contribution in [1.29, 1.82) is 0 Å². The van der Waals surface area contributed by atoms with Crippen molar-refractivity contribution in [2.45, 2.75) is 18.4 Å². The van der Waals surface area contributed by atoms with E-state index in [1.807, 2.05) is 0 Å². The van der Waals surface area contributed by atoms with E-state index in [-0.39, 0.29) is 16.5 Å². The Morgan fingerprint density at radius 1 is 1.53 bits per heavy atom. The van der Waals surface area contributed by atoms with E-state index in [0.717, 1.165) is 6.07 Å². The predicted octanol–water partition coefficient (Wildman–Crippen LogP) is 2.72. The van der Waals surface area contributed by atoms with E-state index in [4.69, 9.17) is 5.11 Å². The highest BCUT2D eigenvalue weighted by Gasteiger charge is 2.25. The number of benzene rings is 1. The summed E-state index contributed by atoms with van der Waals surface area (Å²) >= 11 is 3.02. The first-order valence-electron chi connectivity index (χ1n) is 4.88. The molecule has 0 fully saturated rings. The molecule has 0 aliphatic rings. The van der Waals surface area contributed by atoms with E-state index in [1.165, 1.54) is 6.07 Å². The van der Waals surface area contributed by atoms with E-state index in [2.05, 4.69) is 20.7 Å². The Morgan fingerprint density at radius 2 is 2.16 bits per heavy atom. The normalized spacial score (nSPS) is 10.5. The van der Waals surface area contributed by atoms with Gasteiger partial charge in [-0.2, -0.15) is 8.78 Å². The Morgan fingerprint density at radius 3 is 2.58 bits per heavy atom. The lowest BCUT2D eigenvalue weighted by molar-refractivity contribution is -0.385. The molecule has 0 saturated carbocycles. The molecule has 0 aliphatic heterocycles. The van der Waals surface area contributed by atoms with Crippen LogP contribution in [0.25, 0.3) is 0 Å². The summed E-state index contributed by atoms with van der Waals surface area (Å²) in [6.45, 7) is -3.20. The molecule has 0 atom stereocenters. The van der Waals surface area contributed by atoms with Crippen LogP contribution in [-0.2, 0) is 16.5 Å². The Balaban J connectivity index is 3.45. The molecule has 9 heteroatoms. The molecule has 104 valence electrons. The summed E-state index contributed by atoms with van der Waals surface area (Å²) in [4.78, 5) is 20.7. The Labute approximate surface area is 114 Å². The lowest BCUT2D eigenvalue weighted by atomic mass is 10.0. The molecule has 0 saturated heterocycles. The number of carboxylic acids is 1. The zero-order valence-electron chi connectivity index (χ0n) is 9.31. The van der Waals surface area contributed by atoms with Gasteiger partial charge in [0, 0.05) is 17.0 Å². The average Bonchev–Trinajstić information content (AvgIpc) is 2.29. The van der Waals surface area contributed by atoms with Gasteiger partial charge < -0.3 is 9.84 Å². The molecule has 0 radical (unpaired) electrons. The number of rotatable bonds is 6. The van der Waals surface area contributed by atoms with Crippen molar-refractivity contribution < 1.29 is 28.3 Å². The summed E-state index contributed by atoms with van der Waals surface area (Å²) in [6.07, 6.45) is -0.779. The number of hydrogen-bond donors (Lipinski definition) is 1. The summed E-state index contributed by atoms with van der Waals surface area (Å²) in [7, 11) is 0. The molecular weight excluding hydrogens is 332 g/mol. The standard InChI is InChI=1S/C10H8BrF2NO5/c11-4-5-1-2-7(14(17)18)6(3-8(15)16)9(5)19-10(12)13/h1-2,10H,3-4H2,(H,15,16). The highest BCUT2D eigenvalue weighted by Crippen LogP contribution is 2.35. The molecule has 1 aromatic rings. The Bertz CT molecular complexity index is 509. The predicted molar refractivity (Wildman–Crippen MR) is 63.7 cm³/mol. The number of aliphatic carboxylic acids is 1. The average molecular weight is 340 g/mol. The van der Waals surface area contributed by atoms with Crippen LogP contribution in [0, 0.1) is 10.1 Å². The maximum atomic E-state index is 12.3. The van der Waals surface area contributed by atoms with Crippen molar-refractivity contribution in [2.24, 2.45) is 0 Å². The van der Waals surface area contributed by atoms with Crippen molar-refractivity contribution >= 4 is 27.6 Å². The molecular formula is C10H8BrF2NO5. The first kappa shape index (κ1) is 15.3. The van der Waals surface area contributed by atoms with Gasteiger partial charge >= 0.3 is 12.6 Å². The topological polar surface area (TPSA) is 89.7 Å². The van der Waals surface area contributed by atoms with E-state index in [1.54, 1.807) is 0 Å². The maximum Gasteiger partial charge on any atom is 0.387 e. The van der Waals surface area contributed by atoms with Crippen LogP contribution in [0.3, 0.4) is 0 Å². The van der Waals surface area contributed by atoms with Gasteiger partial charge in [0.25, 0.3) is 5.69 Å². The van der Waals surface area contributed by atoms with Crippen LogP contribution in [0.4, 0.5) is 14.5 Å². The quantitative estimate of drug-likeness (QED) is 0.489. The van der Waals surface area contributed by atoms with E-state index in [0.29, 0.717) is 0 Å². The van der Waals surface area contributed by atoms with Gasteiger partial charge in [0.2, 0.25) is 0 Å². The summed E-state index contributed by atoms with van der Waals surface area (Å²) < 4.78 is 28.9. The molecule has 19 heavy (non-hydrogen) atoms. The van der Waals surface area contributed by atoms with Gasteiger partial charge in [-0.25, -0.2) is 0 Å². The van der Waals surface area contributed by atoms with E-state index >= 15 is 0 Å². The number of alkyl halides is 3.